The number of hydrogen-bond donors (Lipinski definition) is 2. The highest BCUT2D eigenvalue weighted by molar-refractivity contribution is 5.94. The number of cyclic esters (lactones) is 1. The molecule has 10 nitrogen and oxygen atoms in total. The van der Waals surface area contributed by atoms with Gasteiger partial charge in [0.05, 0.1) is 18.9 Å². The SMILES string of the molecule is Cc1ncc(F)c2c1CC(CNCC[C@H]1CN(c3cnc4c(n3)NC(=O)CO4)C(=O)O1)C2. The number of fused-ring (bicyclic) bond motifs is 2. The van der Waals surface area contributed by atoms with Gasteiger partial charge in [-0.3, -0.25) is 14.7 Å². The van der Waals surface area contributed by atoms with Crippen LogP contribution in [-0.4, -0.2) is 59.3 Å². The maximum absolute atomic E-state index is 14.0. The quantitative estimate of drug-likeness (QED) is 0.644. The molecular formula is C21H23FN6O4. The van der Waals surface area contributed by atoms with E-state index in [1.165, 1.54) is 17.3 Å². The zero-order valence-corrected chi connectivity index (χ0v) is 17.6. The van der Waals surface area contributed by atoms with Crippen LogP contribution in [0.25, 0.3) is 0 Å². The second kappa shape index (κ2) is 8.30. The Labute approximate surface area is 183 Å². The van der Waals surface area contributed by atoms with E-state index in [9.17, 15) is 14.0 Å². The Hall–Kier alpha value is -3.34. The van der Waals surface area contributed by atoms with Gasteiger partial charge >= 0.3 is 6.09 Å². The number of anilines is 2. The molecule has 1 unspecified atom stereocenters. The molecule has 2 aromatic rings. The molecule has 0 radical (unpaired) electrons. The van der Waals surface area contributed by atoms with Crippen molar-refractivity contribution in [2.75, 3.05) is 36.5 Å². The Morgan fingerprint density at radius 2 is 2.09 bits per heavy atom. The van der Waals surface area contributed by atoms with Crippen LogP contribution >= 0.6 is 0 Å². The van der Waals surface area contributed by atoms with Gasteiger partial charge in [-0.2, -0.15) is 0 Å². The minimum atomic E-state index is -0.503. The number of carbonyl (C=O) groups is 2. The lowest BCUT2D eigenvalue weighted by Crippen LogP contribution is -2.30. The van der Waals surface area contributed by atoms with Gasteiger partial charge in [0.25, 0.3) is 11.8 Å². The smallest absolute Gasteiger partial charge is 0.415 e. The van der Waals surface area contributed by atoms with Gasteiger partial charge in [-0.15, -0.1) is 0 Å². The highest BCUT2D eigenvalue weighted by Crippen LogP contribution is 2.30. The van der Waals surface area contributed by atoms with Crippen molar-refractivity contribution in [2.45, 2.75) is 32.3 Å². The first kappa shape index (κ1) is 20.6. The molecule has 1 saturated heterocycles. The number of ether oxygens (including phenoxy) is 2. The Morgan fingerprint density at radius 3 is 2.94 bits per heavy atom. The standard InChI is InChI=1S/C21H23FN6O4/c1-11-14-4-12(5-15(14)16(22)7-24-11)6-23-3-2-13-9-28(21(30)32-13)17-8-25-20-19(26-17)27-18(29)10-31-20/h7-8,12-13,23H,2-6,9-10H2,1H3,(H,26,27,29)/t12?,13-/m0/s1. The van der Waals surface area contributed by atoms with E-state index in [0.717, 1.165) is 29.8 Å². The van der Waals surface area contributed by atoms with Gasteiger partial charge in [-0.1, -0.05) is 0 Å². The average molecular weight is 442 g/mol. The van der Waals surface area contributed by atoms with Gasteiger partial charge < -0.3 is 20.1 Å². The molecule has 1 aliphatic carbocycles. The molecule has 2 N–H and O–H groups in total. The van der Waals surface area contributed by atoms with E-state index >= 15 is 0 Å². The number of halogens is 1. The predicted molar refractivity (Wildman–Crippen MR) is 111 cm³/mol. The third-order valence-corrected chi connectivity index (χ3v) is 6.00. The molecule has 0 aromatic carbocycles. The fourth-order valence-corrected chi connectivity index (χ4v) is 4.37. The van der Waals surface area contributed by atoms with Gasteiger partial charge in [0.1, 0.15) is 11.9 Å². The van der Waals surface area contributed by atoms with Gasteiger partial charge in [0, 0.05) is 5.69 Å². The number of rotatable bonds is 6. The third kappa shape index (κ3) is 3.95. The minimum absolute atomic E-state index is 0.111. The van der Waals surface area contributed by atoms with Crippen LogP contribution in [0.1, 0.15) is 23.2 Å². The topological polar surface area (TPSA) is 119 Å². The summed E-state index contributed by atoms with van der Waals surface area (Å²) in [5.74, 6) is 0.495. The van der Waals surface area contributed by atoms with Crippen LogP contribution in [-0.2, 0) is 22.4 Å². The number of aryl methyl sites for hydroxylation is 1. The van der Waals surface area contributed by atoms with Gasteiger partial charge in [-0.05, 0) is 56.3 Å². The number of hydrogen-bond acceptors (Lipinski definition) is 8. The first-order valence-electron chi connectivity index (χ1n) is 10.6. The summed E-state index contributed by atoms with van der Waals surface area (Å²) in [5.41, 5.74) is 2.72. The van der Waals surface area contributed by atoms with E-state index in [1.807, 2.05) is 6.92 Å². The number of nitrogens with one attached hydrogen (secondary N) is 2. The lowest BCUT2D eigenvalue weighted by molar-refractivity contribution is -0.118. The molecule has 168 valence electrons. The summed E-state index contributed by atoms with van der Waals surface area (Å²) in [4.78, 5) is 37.7. The van der Waals surface area contributed by atoms with Crippen molar-refractivity contribution in [3.05, 3.63) is 35.0 Å². The summed E-state index contributed by atoms with van der Waals surface area (Å²) < 4.78 is 24.6. The van der Waals surface area contributed by atoms with Crippen LogP contribution < -0.4 is 20.3 Å². The predicted octanol–water partition coefficient (Wildman–Crippen LogP) is 1.37. The first-order chi connectivity index (χ1) is 15.5. The molecule has 0 spiro atoms. The van der Waals surface area contributed by atoms with Crippen LogP contribution in [0.2, 0.25) is 0 Å². The maximum Gasteiger partial charge on any atom is 0.415 e. The third-order valence-electron chi connectivity index (χ3n) is 6.00. The normalized spacial score (nSPS) is 21.6. The van der Waals surface area contributed by atoms with E-state index in [-0.39, 0.29) is 36.1 Å². The zero-order chi connectivity index (χ0) is 22.2. The van der Waals surface area contributed by atoms with Crippen molar-refractivity contribution in [1.82, 2.24) is 20.3 Å². The number of carbonyl (C=O) groups excluding carboxylic acids is 2. The second-order valence-electron chi connectivity index (χ2n) is 8.25. The molecule has 32 heavy (non-hydrogen) atoms. The Morgan fingerprint density at radius 1 is 1.25 bits per heavy atom. The number of amides is 2. The summed E-state index contributed by atoms with van der Waals surface area (Å²) >= 11 is 0. The molecular weight excluding hydrogens is 419 g/mol. The second-order valence-corrected chi connectivity index (χ2v) is 8.25. The Kier molecular flexibility index (Phi) is 5.33. The lowest BCUT2D eigenvalue weighted by Gasteiger charge is -2.18. The summed E-state index contributed by atoms with van der Waals surface area (Å²) in [6.07, 6.45) is 4.10. The van der Waals surface area contributed by atoms with Crippen molar-refractivity contribution in [3.8, 4) is 5.88 Å². The van der Waals surface area contributed by atoms with E-state index in [2.05, 4.69) is 25.6 Å². The molecule has 2 aliphatic heterocycles. The molecule has 0 saturated carbocycles. The highest BCUT2D eigenvalue weighted by Gasteiger charge is 2.34. The summed E-state index contributed by atoms with van der Waals surface area (Å²) in [6, 6.07) is 0. The van der Waals surface area contributed by atoms with Crippen molar-refractivity contribution < 1.29 is 23.5 Å². The van der Waals surface area contributed by atoms with Crippen LogP contribution in [0.15, 0.2) is 12.4 Å². The van der Waals surface area contributed by atoms with E-state index < -0.39 is 6.09 Å². The average Bonchev–Trinajstić information content (AvgIpc) is 3.38. The van der Waals surface area contributed by atoms with E-state index in [0.29, 0.717) is 37.7 Å². The Balaban J connectivity index is 1.11. The van der Waals surface area contributed by atoms with Crippen LogP contribution in [0.5, 0.6) is 5.88 Å². The summed E-state index contributed by atoms with van der Waals surface area (Å²) in [7, 11) is 0. The van der Waals surface area contributed by atoms with Crippen molar-refractivity contribution in [1.29, 1.82) is 0 Å². The maximum atomic E-state index is 14.0. The number of pyridine rings is 1. The van der Waals surface area contributed by atoms with Crippen molar-refractivity contribution in [3.63, 3.8) is 0 Å². The van der Waals surface area contributed by atoms with Gasteiger partial charge in [0.2, 0.25) is 0 Å². The summed E-state index contributed by atoms with van der Waals surface area (Å²) in [5, 5.41) is 5.98. The molecule has 4 heterocycles. The fourth-order valence-electron chi connectivity index (χ4n) is 4.37. The van der Waals surface area contributed by atoms with Crippen LogP contribution in [0.4, 0.5) is 20.8 Å². The molecule has 2 atom stereocenters. The number of nitrogens with zero attached hydrogens (tertiary/aromatic N) is 4. The first-order valence-corrected chi connectivity index (χ1v) is 10.6. The molecule has 2 aromatic heterocycles. The molecule has 5 rings (SSSR count). The monoisotopic (exact) mass is 442 g/mol. The number of aromatic nitrogens is 3. The Bertz CT molecular complexity index is 1050. The molecule has 11 heteroatoms. The van der Waals surface area contributed by atoms with E-state index in [4.69, 9.17) is 9.47 Å². The minimum Gasteiger partial charge on any atom is -0.465 e. The van der Waals surface area contributed by atoms with Gasteiger partial charge in [-0.25, -0.2) is 19.2 Å². The molecule has 2 amide bonds. The van der Waals surface area contributed by atoms with E-state index in [1.54, 1.807) is 0 Å². The molecule has 1 fully saturated rings. The lowest BCUT2D eigenvalue weighted by atomic mass is 10.1. The highest BCUT2D eigenvalue weighted by atomic mass is 19.1. The molecule has 3 aliphatic rings. The van der Waals surface area contributed by atoms with Gasteiger partial charge in [0.15, 0.2) is 18.2 Å². The largest absolute Gasteiger partial charge is 0.465 e. The zero-order valence-electron chi connectivity index (χ0n) is 17.6. The molecule has 0 bridgehead atoms. The summed E-state index contributed by atoms with van der Waals surface area (Å²) in [6.45, 7) is 3.57. The van der Waals surface area contributed by atoms with Crippen LogP contribution in [0, 0.1) is 18.7 Å². The van der Waals surface area contributed by atoms with Crippen LogP contribution in [0.3, 0.4) is 0 Å². The fraction of sp³-hybridized carbons (Fsp3) is 0.476. The van der Waals surface area contributed by atoms with Crippen molar-refractivity contribution in [2.24, 2.45) is 5.92 Å². The van der Waals surface area contributed by atoms with Crippen molar-refractivity contribution >= 4 is 23.6 Å².